The van der Waals surface area contributed by atoms with Crippen molar-refractivity contribution in [3.63, 3.8) is 0 Å². The first-order valence-electron chi connectivity index (χ1n) is 9.98. The summed E-state index contributed by atoms with van der Waals surface area (Å²) in [6, 6.07) is 4.55. The molecule has 1 aromatic heterocycles. The fourth-order valence-corrected chi connectivity index (χ4v) is 4.06. The number of anilines is 1. The van der Waals surface area contributed by atoms with Crippen molar-refractivity contribution in [2.24, 2.45) is 5.92 Å². The molecule has 1 fully saturated rings. The molecule has 0 unspecified atom stereocenters. The number of amides is 2. The normalized spacial score (nSPS) is 17.8. The van der Waals surface area contributed by atoms with E-state index in [0.717, 1.165) is 61.1 Å². The van der Waals surface area contributed by atoms with Gasteiger partial charge in [0.15, 0.2) is 0 Å². The Labute approximate surface area is 164 Å². The maximum Gasteiger partial charge on any atom is 0.321 e. The van der Waals surface area contributed by atoms with Gasteiger partial charge < -0.3 is 9.73 Å². The van der Waals surface area contributed by atoms with Crippen molar-refractivity contribution >= 4 is 11.7 Å². The first-order chi connectivity index (χ1) is 13.5. The van der Waals surface area contributed by atoms with E-state index in [4.69, 9.17) is 4.42 Å². The molecule has 1 N–H and O–H groups in total. The molecule has 2 aliphatic heterocycles. The minimum absolute atomic E-state index is 0.0847. The molecule has 0 aliphatic carbocycles. The van der Waals surface area contributed by atoms with Gasteiger partial charge in [-0.15, -0.1) is 0 Å². The van der Waals surface area contributed by atoms with Crippen LogP contribution >= 0.6 is 0 Å². The van der Waals surface area contributed by atoms with Crippen molar-refractivity contribution in [1.82, 2.24) is 15.2 Å². The van der Waals surface area contributed by atoms with Gasteiger partial charge >= 0.3 is 6.03 Å². The molecule has 3 heterocycles. The summed E-state index contributed by atoms with van der Waals surface area (Å²) in [5.74, 6) is 1.90. The molecule has 0 atom stereocenters. The molecular formula is C21H27FN4O2. The number of carbonyl (C=O) groups excluding carboxylic acids is 1. The van der Waals surface area contributed by atoms with E-state index in [1.54, 1.807) is 11.0 Å². The van der Waals surface area contributed by atoms with Crippen LogP contribution in [-0.2, 0) is 13.0 Å². The Morgan fingerprint density at radius 1 is 1.29 bits per heavy atom. The van der Waals surface area contributed by atoms with Crippen molar-refractivity contribution in [2.75, 3.05) is 31.1 Å². The quantitative estimate of drug-likeness (QED) is 0.875. The van der Waals surface area contributed by atoms with Gasteiger partial charge in [-0.1, -0.05) is 0 Å². The van der Waals surface area contributed by atoms with Gasteiger partial charge in [-0.2, -0.15) is 0 Å². The second kappa shape index (κ2) is 7.91. The zero-order valence-corrected chi connectivity index (χ0v) is 16.5. The Balaban J connectivity index is 1.23. The van der Waals surface area contributed by atoms with Gasteiger partial charge in [0.05, 0.1) is 12.2 Å². The molecule has 28 heavy (non-hydrogen) atoms. The molecule has 1 aromatic carbocycles. The van der Waals surface area contributed by atoms with Crippen LogP contribution in [0.1, 0.15) is 35.7 Å². The largest absolute Gasteiger partial charge is 0.444 e. The molecule has 2 aliphatic rings. The Morgan fingerprint density at radius 3 is 2.79 bits per heavy atom. The number of aromatic nitrogens is 1. The van der Waals surface area contributed by atoms with Gasteiger partial charge in [0, 0.05) is 18.8 Å². The number of hydrogen-bond donors (Lipinski definition) is 1. The second-order valence-electron chi connectivity index (χ2n) is 7.83. The van der Waals surface area contributed by atoms with Gasteiger partial charge in [-0.05, 0) is 75.9 Å². The number of carbonyl (C=O) groups is 1. The summed E-state index contributed by atoms with van der Waals surface area (Å²) in [5.41, 5.74) is 2.68. The van der Waals surface area contributed by atoms with E-state index in [0.29, 0.717) is 25.4 Å². The van der Waals surface area contributed by atoms with E-state index in [1.165, 1.54) is 12.1 Å². The lowest BCUT2D eigenvalue weighted by Crippen LogP contribution is -2.43. The standard InChI is InChI=1S/C21H27FN4O2/c1-14-15(2)28-20(24-14)13-25-8-5-16(6-9-25)12-23-21(27)26-10-7-17-11-18(22)3-4-19(17)26/h3-4,11,16H,5-10,12-13H2,1-2H3,(H,23,27). The van der Waals surface area contributed by atoms with Gasteiger partial charge in [-0.25, -0.2) is 14.2 Å². The summed E-state index contributed by atoms with van der Waals surface area (Å²) in [4.78, 5) is 21.1. The minimum Gasteiger partial charge on any atom is -0.444 e. The van der Waals surface area contributed by atoms with Gasteiger partial charge in [-0.3, -0.25) is 9.80 Å². The maximum absolute atomic E-state index is 13.3. The van der Waals surface area contributed by atoms with Crippen molar-refractivity contribution in [1.29, 1.82) is 0 Å². The number of benzene rings is 1. The lowest BCUT2D eigenvalue weighted by molar-refractivity contribution is 0.162. The van der Waals surface area contributed by atoms with Gasteiger partial charge in [0.25, 0.3) is 0 Å². The molecule has 4 rings (SSSR count). The van der Waals surface area contributed by atoms with Gasteiger partial charge in [0.1, 0.15) is 11.6 Å². The van der Waals surface area contributed by atoms with Crippen LogP contribution in [0.5, 0.6) is 0 Å². The molecule has 1 saturated heterocycles. The average Bonchev–Trinajstić information content (AvgIpc) is 3.23. The van der Waals surface area contributed by atoms with E-state index in [2.05, 4.69) is 15.2 Å². The minimum atomic E-state index is -0.247. The highest BCUT2D eigenvalue weighted by atomic mass is 19.1. The number of urea groups is 1. The zero-order chi connectivity index (χ0) is 19.7. The van der Waals surface area contributed by atoms with Gasteiger partial charge in [0.2, 0.25) is 5.89 Å². The van der Waals surface area contributed by atoms with Crippen LogP contribution in [0, 0.1) is 25.6 Å². The number of aryl methyl sites for hydroxylation is 2. The molecule has 0 radical (unpaired) electrons. The molecule has 0 bridgehead atoms. The topological polar surface area (TPSA) is 61.6 Å². The lowest BCUT2D eigenvalue weighted by Gasteiger charge is -2.31. The molecular weight excluding hydrogens is 359 g/mol. The number of halogens is 1. The number of fused-ring (bicyclic) bond motifs is 1. The number of hydrogen-bond acceptors (Lipinski definition) is 4. The first-order valence-corrected chi connectivity index (χ1v) is 9.98. The fraction of sp³-hybridized carbons (Fsp3) is 0.524. The molecule has 7 heteroatoms. The number of piperidine rings is 1. The summed E-state index contributed by atoms with van der Waals surface area (Å²) in [6.07, 6.45) is 2.79. The van der Waals surface area contributed by atoms with Crippen LogP contribution in [0.25, 0.3) is 0 Å². The summed E-state index contributed by atoms with van der Waals surface area (Å²) in [6.45, 7) is 7.89. The zero-order valence-electron chi connectivity index (χ0n) is 16.5. The van der Waals surface area contributed by atoms with E-state index >= 15 is 0 Å². The van der Waals surface area contributed by atoms with E-state index in [9.17, 15) is 9.18 Å². The summed E-state index contributed by atoms with van der Waals surface area (Å²) in [5, 5.41) is 3.07. The van der Waals surface area contributed by atoms with Crippen molar-refractivity contribution < 1.29 is 13.6 Å². The lowest BCUT2D eigenvalue weighted by atomic mass is 9.97. The van der Waals surface area contributed by atoms with Crippen LogP contribution in [0.2, 0.25) is 0 Å². The Bertz CT molecular complexity index is 839. The third-order valence-electron chi connectivity index (χ3n) is 5.86. The predicted molar refractivity (Wildman–Crippen MR) is 105 cm³/mol. The average molecular weight is 386 g/mol. The van der Waals surface area contributed by atoms with E-state index < -0.39 is 0 Å². The molecule has 0 saturated carbocycles. The van der Waals surface area contributed by atoms with Crippen LogP contribution in [0.15, 0.2) is 22.6 Å². The first kappa shape index (κ1) is 18.9. The van der Waals surface area contributed by atoms with Crippen molar-refractivity contribution in [3.8, 4) is 0 Å². The number of nitrogens with one attached hydrogen (secondary N) is 1. The Morgan fingerprint density at radius 2 is 2.07 bits per heavy atom. The third kappa shape index (κ3) is 4.04. The smallest absolute Gasteiger partial charge is 0.321 e. The van der Waals surface area contributed by atoms with Crippen molar-refractivity contribution in [2.45, 2.75) is 39.7 Å². The van der Waals surface area contributed by atoms with E-state index in [1.807, 2.05) is 13.8 Å². The van der Waals surface area contributed by atoms with Crippen LogP contribution in [0.3, 0.4) is 0 Å². The number of likely N-dealkylation sites (tertiary alicyclic amines) is 1. The highest BCUT2D eigenvalue weighted by molar-refractivity contribution is 5.94. The molecule has 2 aromatic rings. The highest BCUT2D eigenvalue weighted by Gasteiger charge is 2.26. The monoisotopic (exact) mass is 386 g/mol. The fourth-order valence-electron chi connectivity index (χ4n) is 4.06. The summed E-state index contributed by atoms with van der Waals surface area (Å²) < 4.78 is 19.0. The summed E-state index contributed by atoms with van der Waals surface area (Å²) >= 11 is 0. The van der Waals surface area contributed by atoms with Crippen LogP contribution in [0.4, 0.5) is 14.9 Å². The Kier molecular flexibility index (Phi) is 5.35. The maximum atomic E-state index is 13.3. The number of oxazole rings is 1. The van der Waals surface area contributed by atoms with Crippen molar-refractivity contribution in [3.05, 3.63) is 46.9 Å². The van der Waals surface area contributed by atoms with Crippen LogP contribution < -0.4 is 10.2 Å². The number of rotatable bonds is 4. The molecule has 2 amide bonds. The Hall–Kier alpha value is -2.41. The highest BCUT2D eigenvalue weighted by Crippen LogP contribution is 2.28. The predicted octanol–water partition coefficient (Wildman–Crippen LogP) is 3.41. The summed E-state index contributed by atoms with van der Waals surface area (Å²) in [7, 11) is 0. The van der Waals surface area contributed by atoms with Crippen LogP contribution in [-0.4, -0.2) is 42.1 Å². The second-order valence-corrected chi connectivity index (χ2v) is 7.83. The van der Waals surface area contributed by atoms with E-state index in [-0.39, 0.29) is 11.8 Å². The SMILES string of the molecule is Cc1nc(CN2CCC(CNC(=O)N3CCc4cc(F)ccc43)CC2)oc1C. The molecule has 0 spiro atoms. The molecule has 150 valence electrons. The molecule has 6 nitrogen and oxygen atoms in total. The number of nitrogens with zero attached hydrogens (tertiary/aromatic N) is 3. The third-order valence-corrected chi connectivity index (χ3v) is 5.86.